The standard InChI is InChI=1S/C28H41N7O15S/c1-27(2,3)24(40)47-12-45-16(36)8-7-14(23(39)46-13-48-25(41)28(4,5)6)33-26(42)34-20-17-21(31-10-30-20)35(11-32-17)22-19(38)18(37)15(50-22)9-49-51(29,43)44/h10-11,14-15,18-19,22,37-38H,7-9,12-13H2,1-6H3,(H2,29,43,44)(H2,30,31,33,34,42)/t14-,15+,18+,19+,22+/m0/s1. The minimum absolute atomic E-state index is 0.00362. The lowest BCUT2D eigenvalue weighted by molar-refractivity contribution is -0.174. The zero-order valence-electron chi connectivity index (χ0n) is 28.6. The third kappa shape index (κ3) is 11.8. The zero-order chi connectivity index (χ0) is 38.3. The van der Waals surface area contributed by atoms with E-state index in [0.717, 1.165) is 12.7 Å². The third-order valence-electron chi connectivity index (χ3n) is 6.85. The summed E-state index contributed by atoms with van der Waals surface area (Å²) >= 11 is 0. The Morgan fingerprint density at radius 2 is 1.55 bits per heavy atom. The number of aromatic nitrogens is 4. The molecule has 51 heavy (non-hydrogen) atoms. The Hall–Kier alpha value is -4.55. The minimum Gasteiger partial charge on any atom is -0.428 e. The molecule has 22 nitrogen and oxygen atoms in total. The number of urea groups is 1. The van der Waals surface area contributed by atoms with E-state index in [1.807, 2.05) is 0 Å². The lowest BCUT2D eigenvalue weighted by Gasteiger charge is -2.20. The van der Waals surface area contributed by atoms with Crippen LogP contribution in [-0.2, 0) is 57.3 Å². The maximum absolute atomic E-state index is 13.1. The highest BCUT2D eigenvalue weighted by Crippen LogP contribution is 2.32. The molecule has 284 valence electrons. The Kier molecular flexibility index (Phi) is 13.3. The molecule has 6 N–H and O–H groups in total. The Balaban J connectivity index is 1.70. The fraction of sp³-hybridized carbons (Fsp3) is 0.643. The number of carbonyl (C=O) groups excluding carboxylic acids is 5. The van der Waals surface area contributed by atoms with E-state index in [2.05, 4.69) is 29.8 Å². The first-order chi connectivity index (χ1) is 23.6. The van der Waals surface area contributed by atoms with E-state index in [-0.39, 0.29) is 23.4 Å². The normalized spacial score (nSPS) is 19.9. The first-order valence-electron chi connectivity index (χ1n) is 15.2. The van der Waals surface area contributed by atoms with Crippen LogP contribution in [0.15, 0.2) is 12.7 Å². The van der Waals surface area contributed by atoms with Gasteiger partial charge in [0, 0.05) is 6.42 Å². The Bertz CT molecular complexity index is 1700. The number of esters is 4. The highest BCUT2D eigenvalue weighted by Gasteiger charge is 2.45. The average Bonchev–Trinajstić information content (AvgIpc) is 3.57. The molecule has 0 radical (unpaired) electrons. The molecule has 5 atom stereocenters. The summed E-state index contributed by atoms with van der Waals surface area (Å²) < 4.78 is 53.2. The fourth-order valence-corrected chi connectivity index (χ4v) is 4.42. The summed E-state index contributed by atoms with van der Waals surface area (Å²) in [4.78, 5) is 74.4. The van der Waals surface area contributed by atoms with Crippen molar-refractivity contribution in [1.82, 2.24) is 24.8 Å². The van der Waals surface area contributed by atoms with Crippen molar-refractivity contribution in [3.05, 3.63) is 12.7 Å². The minimum atomic E-state index is -4.37. The number of anilines is 1. The van der Waals surface area contributed by atoms with E-state index in [0.29, 0.717) is 0 Å². The summed E-state index contributed by atoms with van der Waals surface area (Å²) in [5.74, 6) is -3.44. The number of carbonyl (C=O) groups is 5. The molecule has 0 unspecified atom stereocenters. The number of fused-ring (bicyclic) bond motifs is 1. The van der Waals surface area contributed by atoms with Gasteiger partial charge in [-0.05, 0) is 48.0 Å². The van der Waals surface area contributed by atoms with Gasteiger partial charge < -0.3 is 39.2 Å². The van der Waals surface area contributed by atoms with Gasteiger partial charge >= 0.3 is 40.2 Å². The second kappa shape index (κ2) is 16.6. The molecule has 2 amide bonds. The quantitative estimate of drug-likeness (QED) is 0.116. The predicted molar refractivity (Wildman–Crippen MR) is 168 cm³/mol. The molecular formula is C28H41N7O15S. The summed E-state index contributed by atoms with van der Waals surface area (Å²) in [6, 6.07) is -2.53. The predicted octanol–water partition coefficient (Wildman–Crippen LogP) is -0.884. The van der Waals surface area contributed by atoms with Crippen molar-refractivity contribution in [3.63, 3.8) is 0 Å². The molecule has 0 spiro atoms. The highest BCUT2D eigenvalue weighted by atomic mass is 32.2. The van der Waals surface area contributed by atoms with Gasteiger partial charge in [-0.15, -0.1) is 0 Å². The smallest absolute Gasteiger partial charge is 0.333 e. The molecule has 3 rings (SSSR count). The number of aliphatic hydroxyl groups is 2. The Morgan fingerprint density at radius 3 is 2.14 bits per heavy atom. The van der Waals surface area contributed by atoms with Gasteiger partial charge in [0.05, 0.1) is 23.8 Å². The van der Waals surface area contributed by atoms with Crippen molar-refractivity contribution < 1.29 is 70.5 Å². The number of rotatable bonds is 14. The van der Waals surface area contributed by atoms with Crippen LogP contribution in [-0.4, -0.2) is 113 Å². The van der Waals surface area contributed by atoms with E-state index < -0.39 is 108 Å². The van der Waals surface area contributed by atoms with Crippen LogP contribution < -0.4 is 15.8 Å². The van der Waals surface area contributed by atoms with Crippen molar-refractivity contribution in [3.8, 4) is 0 Å². The summed E-state index contributed by atoms with van der Waals surface area (Å²) in [5.41, 5.74) is -1.78. The van der Waals surface area contributed by atoms with Crippen molar-refractivity contribution >= 4 is 57.2 Å². The maximum atomic E-state index is 13.1. The molecule has 2 aromatic heterocycles. The first kappa shape index (κ1) is 40.9. The number of hydrogen-bond donors (Lipinski definition) is 5. The van der Waals surface area contributed by atoms with E-state index in [1.165, 1.54) is 4.57 Å². The fourth-order valence-electron chi connectivity index (χ4n) is 4.10. The van der Waals surface area contributed by atoms with Gasteiger partial charge in [-0.3, -0.25) is 28.5 Å². The molecule has 0 aromatic carbocycles. The maximum Gasteiger partial charge on any atom is 0.333 e. The molecule has 0 bridgehead atoms. The van der Waals surface area contributed by atoms with Gasteiger partial charge in [0.2, 0.25) is 13.6 Å². The lowest BCUT2D eigenvalue weighted by Crippen LogP contribution is -2.44. The van der Waals surface area contributed by atoms with Crippen LogP contribution in [0.5, 0.6) is 0 Å². The first-order valence-corrected chi connectivity index (χ1v) is 16.7. The van der Waals surface area contributed by atoms with Crippen molar-refractivity contribution in [2.24, 2.45) is 16.0 Å². The molecule has 1 aliphatic rings. The van der Waals surface area contributed by atoms with Crippen molar-refractivity contribution in [1.29, 1.82) is 0 Å². The molecular weight excluding hydrogens is 706 g/mol. The van der Waals surface area contributed by atoms with Crippen LogP contribution >= 0.6 is 0 Å². The Labute approximate surface area is 291 Å². The van der Waals surface area contributed by atoms with Crippen LogP contribution in [0.2, 0.25) is 0 Å². The van der Waals surface area contributed by atoms with Gasteiger partial charge in [0.15, 0.2) is 23.2 Å². The number of imidazole rings is 1. The number of aliphatic hydroxyl groups excluding tert-OH is 2. The average molecular weight is 748 g/mol. The van der Waals surface area contributed by atoms with E-state index >= 15 is 0 Å². The summed E-state index contributed by atoms with van der Waals surface area (Å²) in [6.45, 7) is 7.40. The second-order valence-corrected chi connectivity index (χ2v) is 14.4. The van der Waals surface area contributed by atoms with Crippen LogP contribution in [0.4, 0.5) is 10.6 Å². The number of hydrogen-bond acceptors (Lipinski definition) is 18. The van der Waals surface area contributed by atoms with E-state index in [9.17, 15) is 42.6 Å². The van der Waals surface area contributed by atoms with Crippen molar-refractivity contribution in [2.45, 2.75) is 85.0 Å². The number of amides is 2. The molecule has 1 aliphatic heterocycles. The zero-order valence-corrected chi connectivity index (χ0v) is 29.4. The number of ether oxygens (including phenoxy) is 5. The Morgan fingerprint density at radius 1 is 0.941 bits per heavy atom. The number of nitrogens with one attached hydrogen (secondary N) is 2. The van der Waals surface area contributed by atoms with Crippen molar-refractivity contribution in [2.75, 3.05) is 25.5 Å². The largest absolute Gasteiger partial charge is 0.428 e. The van der Waals surface area contributed by atoms with Crippen LogP contribution in [0.1, 0.15) is 60.6 Å². The van der Waals surface area contributed by atoms with Gasteiger partial charge in [0.25, 0.3) is 0 Å². The molecule has 1 fully saturated rings. The monoisotopic (exact) mass is 747 g/mol. The molecule has 2 aromatic rings. The molecule has 1 saturated heterocycles. The number of nitrogens with zero attached hydrogens (tertiary/aromatic N) is 4. The number of nitrogens with two attached hydrogens (primary N) is 1. The van der Waals surface area contributed by atoms with Crippen LogP contribution in [0.3, 0.4) is 0 Å². The lowest BCUT2D eigenvalue weighted by atomic mass is 9.97. The van der Waals surface area contributed by atoms with Crippen LogP contribution in [0.25, 0.3) is 11.2 Å². The molecule has 23 heteroatoms. The van der Waals surface area contributed by atoms with Gasteiger partial charge in [-0.25, -0.2) is 29.7 Å². The third-order valence-corrected chi connectivity index (χ3v) is 7.32. The molecule has 0 saturated carbocycles. The summed E-state index contributed by atoms with van der Waals surface area (Å²) in [5, 5.41) is 30.5. The second-order valence-electron chi connectivity index (χ2n) is 13.1. The van der Waals surface area contributed by atoms with Gasteiger partial charge in [0.1, 0.15) is 30.7 Å². The van der Waals surface area contributed by atoms with E-state index in [1.54, 1.807) is 41.5 Å². The summed E-state index contributed by atoms with van der Waals surface area (Å²) in [7, 11) is -4.37. The topological polar surface area (TPSA) is 309 Å². The molecule has 0 aliphatic carbocycles. The van der Waals surface area contributed by atoms with E-state index in [4.69, 9.17) is 28.8 Å². The van der Waals surface area contributed by atoms with Gasteiger partial charge in [-0.1, -0.05) is 0 Å². The van der Waals surface area contributed by atoms with Crippen LogP contribution in [0, 0.1) is 10.8 Å². The summed E-state index contributed by atoms with van der Waals surface area (Å²) in [6.07, 6.45) is -4.48. The SMILES string of the molecule is CC(C)(C)C(=O)OCOC(=O)CC[C@H](NC(=O)Nc1ncnc2c1ncn2[C@@H]1O[C@H](COS(N)(=O)=O)[C@@H](O)[C@H]1O)C(=O)OCOC(=O)C(C)(C)C. The van der Waals surface area contributed by atoms with Gasteiger partial charge in [-0.2, -0.15) is 8.42 Å². The highest BCUT2D eigenvalue weighted by molar-refractivity contribution is 7.84. The molecule has 3 heterocycles.